The van der Waals surface area contributed by atoms with E-state index in [9.17, 15) is 14.0 Å². The van der Waals surface area contributed by atoms with Gasteiger partial charge < -0.3 is 10.6 Å². The second-order valence-corrected chi connectivity index (χ2v) is 5.83. The number of aryl methyl sites for hydroxylation is 2. The van der Waals surface area contributed by atoms with Gasteiger partial charge in [0, 0.05) is 19.2 Å². The Labute approximate surface area is 132 Å². The molecule has 1 heterocycles. The van der Waals surface area contributed by atoms with Crippen LogP contribution in [0, 0.1) is 12.7 Å². The van der Waals surface area contributed by atoms with Crippen molar-refractivity contribution in [3.05, 3.63) is 51.5 Å². The summed E-state index contributed by atoms with van der Waals surface area (Å²) < 4.78 is 13.7. The van der Waals surface area contributed by atoms with Crippen molar-refractivity contribution in [2.45, 2.75) is 19.8 Å². The van der Waals surface area contributed by atoms with Crippen molar-refractivity contribution in [3.8, 4) is 0 Å². The standard InChI is InChI=1S/C16H17FN2O2S/c1-10-7-14(22-9-10)16(21)19-12-4-5-13(17)11(8-12)3-6-15(20)18-2/h4-5,7-9H,3,6H2,1-2H3,(H,18,20)(H,19,21). The zero-order valence-corrected chi connectivity index (χ0v) is 13.2. The molecule has 6 heteroatoms. The molecule has 22 heavy (non-hydrogen) atoms. The second kappa shape index (κ2) is 7.17. The number of carbonyl (C=O) groups is 2. The highest BCUT2D eigenvalue weighted by molar-refractivity contribution is 7.12. The van der Waals surface area contributed by atoms with Crippen LogP contribution in [0.5, 0.6) is 0 Å². The molecular weight excluding hydrogens is 303 g/mol. The fourth-order valence-electron chi connectivity index (χ4n) is 1.96. The number of nitrogens with one attached hydrogen (secondary N) is 2. The summed E-state index contributed by atoms with van der Waals surface area (Å²) in [7, 11) is 1.54. The van der Waals surface area contributed by atoms with Crippen LogP contribution in [0.2, 0.25) is 0 Å². The lowest BCUT2D eigenvalue weighted by molar-refractivity contribution is -0.120. The van der Waals surface area contributed by atoms with Gasteiger partial charge in [0.05, 0.1) is 4.88 Å². The van der Waals surface area contributed by atoms with E-state index in [1.807, 2.05) is 12.3 Å². The molecule has 0 saturated carbocycles. The third kappa shape index (κ3) is 4.14. The van der Waals surface area contributed by atoms with E-state index in [-0.39, 0.29) is 30.5 Å². The molecule has 0 atom stereocenters. The fourth-order valence-corrected chi connectivity index (χ4v) is 2.75. The van der Waals surface area contributed by atoms with Crippen LogP contribution in [-0.2, 0) is 11.2 Å². The molecule has 0 aliphatic rings. The smallest absolute Gasteiger partial charge is 0.265 e. The third-order valence-corrected chi connectivity index (χ3v) is 4.20. The quantitative estimate of drug-likeness (QED) is 0.889. The summed E-state index contributed by atoms with van der Waals surface area (Å²) in [5.74, 6) is -0.751. The molecule has 1 aromatic carbocycles. The number of amides is 2. The van der Waals surface area contributed by atoms with Crippen LogP contribution >= 0.6 is 11.3 Å². The van der Waals surface area contributed by atoms with Crippen molar-refractivity contribution < 1.29 is 14.0 Å². The van der Waals surface area contributed by atoms with E-state index in [1.54, 1.807) is 19.2 Å². The first-order chi connectivity index (χ1) is 10.5. The van der Waals surface area contributed by atoms with Crippen molar-refractivity contribution in [1.82, 2.24) is 5.32 Å². The Bertz CT molecular complexity index is 697. The molecule has 4 nitrogen and oxygen atoms in total. The maximum atomic E-state index is 13.7. The SMILES string of the molecule is CNC(=O)CCc1cc(NC(=O)c2cc(C)cs2)ccc1F. The third-order valence-electron chi connectivity index (χ3n) is 3.16. The van der Waals surface area contributed by atoms with Crippen molar-refractivity contribution in [2.24, 2.45) is 0 Å². The number of carbonyl (C=O) groups excluding carboxylic acids is 2. The van der Waals surface area contributed by atoms with Crippen LogP contribution in [0.25, 0.3) is 0 Å². The minimum absolute atomic E-state index is 0.150. The summed E-state index contributed by atoms with van der Waals surface area (Å²) in [6.45, 7) is 1.92. The van der Waals surface area contributed by atoms with E-state index in [4.69, 9.17) is 0 Å². The number of anilines is 1. The van der Waals surface area contributed by atoms with Gasteiger partial charge in [0.1, 0.15) is 5.82 Å². The lowest BCUT2D eigenvalue weighted by Crippen LogP contribution is -2.18. The van der Waals surface area contributed by atoms with Gasteiger partial charge in [-0.1, -0.05) is 0 Å². The average molecular weight is 320 g/mol. The van der Waals surface area contributed by atoms with E-state index in [0.717, 1.165) is 5.56 Å². The molecule has 0 aliphatic heterocycles. The van der Waals surface area contributed by atoms with E-state index < -0.39 is 0 Å². The number of hydrogen-bond donors (Lipinski definition) is 2. The predicted molar refractivity (Wildman–Crippen MR) is 85.8 cm³/mol. The number of thiophene rings is 1. The molecule has 0 radical (unpaired) electrons. The Morgan fingerprint density at radius 2 is 2.05 bits per heavy atom. The Balaban J connectivity index is 2.08. The van der Waals surface area contributed by atoms with Gasteiger partial charge in [0.2, 0.25) is 5.91 Å². The molecule has 116 valence electrons. The average Bonchev–Trinajstić information content (AvgIpc) is 2.94. The zero-order chi connectivity index (χ0) is 16.1. The highest BCUT2D eigenvalue weighted by atomic mass is 32.1. The largest absolute Gasteiger partial charge is 0.359 e. The number of benzene rings is 1. The zero-order valence-electron chi connectivity index (χ0n) is 12.4. The van der Waals surface area contributed by atoms with Crippen molar-refractivity contribution in [1.29, 1.82) is 0 Å². The summed E-state index contributed by atoms with van der Waals surface area (Å²) in [6, 6.07) is 6.18. The highest BCUT2D eigenvalue weighted by Crippen LogP contribution is 2.19. The Morgan fingerprint density at radius 3 is 2.68 bits per heavy atom. The highest BCUT2D eigenvalue weighted by Gasteiger charge is 2.11. The van der Waals surface area contributed by atoms with Gasteiger partial charge in [-0.15, -0.1) is 11.3 Å². The molecule has 0 saturated heterocycles. The number of halogens is 1. The van der Waals surface area contributed by atoms with Crippen LogP contribution in [0.15, 0.2) is 29.6 Å². The van der Waals surface area contributed by atoms with Crippen molar-refractivity contribution in [2.75, 3.05) is 12.4 Å². The maximum absolute atomic E-state index is 13.7. The number of hydrogen-bond acceptors (Lipinski definition) is 3. The van der Waals surface area contributed by atoms with Gasteiger partial charge in [0.25, 0.3) is 5.91 Å². The summed E-state index contributed by atoms with van der Waals surface area (Å²) in [5, 5.41) is 7.14. The molecule has 2 aromatic rings. The van der Waals surface area contributed by atoms with Gasteiger partial charge >= 0.3 is 0 Å². The Kier molecular flexibility index (Phi) is 5.27. The second-order valence-electron chi connectivity index (χ2n) is 4.92. The van der Waals surface area contributed by atoms with Gasteiger partial charge in [-0.25, -0.2) is 4.39 Å². The molecule has 2 amide bonds. The normalized spacial score (nSPS) is 10.3. The first-order valence-electron chi connectivity index (χ1n) is 6.85. The summed E-state index contributed by atoms with van der Waals surface area (Å²) in [6.07, 6.45) is 0.488. The van der Waals surface area contributed by atoms with E-state index in [0.29, 0.717) is 16.1 Å². The fraction of sp³-hybridized carbons (Fsp3) is 0.250. The Hall–Kier alpha value is -2.21. The molecule has 2 rings (SSSR count). The summed E-state index contributed by atoms with van der Waals surface area (Å²) in [4.78, 5) is 23.9. The molecule has 2 N–H and O–H groups in total. The first-order valence-corrected chi connectivity index (χ1v) is 7.73. The van der Waals surface area contributed by atoms with Gasteiger partial charge in [-0.2, -0.15) is 0 Å². The van der Waals surface area contributed by atoms with Crippen molar-refractivity contribution in [3.63, 3.8) is 0 Å². The molecule has 0 aliphatic carbocycles. The van der Waals surface area contributed by atoms with Crippen LogP contribution < -0.4 is 10.6 Å². The molecule has 0 bridgehead atoms. The number of rotatable bonds is 5. The lowest BCUT2D eigenvalue weighted by atomic mass is 10.1. The van der Waals surface area contributed by atoms with Crippen LogP contribution in [0.3, 0.4) is 0 Å². The predicted octanol–water partition coefficient (Wildman–Crippen LogP) is 3.13. The minimum Gasteiger partial charge on any atom is -0.359 e. The summed E-state index contributed by atoms with van der Waals surface area (Å²) in [5.41, 5.74) is 1.95. The van der Waals surface area contributed by atoms with Gasteiger partial charge in [-0.05, 0) is 54.1 Å². The molecule has 0 unspecified atom stereocenters. The Morgan fingerprint density at radius 1 is 1.27 bits per heavy atom. The lowest BCUT2D eigenvalue weighted by Gasteiger charge is -2.08. The van der Waals surface area contributed by atoms with E-state index >= 15 is 0 Å². The van der Waals surface area contributed by atoms with Gasteiger partial charge in [0.15, 0.2) is 0 Å². The maximum Gasteiger partial charge on any atom is 0.265 e. The van der Waals surface area contributed by atoms with Crippen LogP contribution in [0.1, 0.15) is 27.2 Å². The van der Waals surface area contributed by atoms with Crippen LogP contribution in [0.4, 0.5) is 10.1 Å². The van der Waals surface area contributed by atoms with Crippen molar-refractivity contribution >= 4 is 28.8 Å². The monoisotopic (exact) mass is 320 g/mol. The minimum atomic E-state index is -0.381. The molecule has 1 aromatic heterocycles. The van der Waals surface area contributed by atoms with Gasteiger partial charge in [-0.3, -0.25) is 9.59 Å². The summed E-state index contributed by atoms with van der Waals surface area (Å²) >= 11 is 1.36. The van der Waals surface area contributed by atoms with E-state index in [1.165, 1.54) is 23.5 Å². The first kappa shape index (κ1) is 16.2. The molecule has 0 fully saturated rings. The van der Waals surface area contributed by atoms with E-state index in [2.05, 4.69) is 10.6 Å². The molecular formula is C16H17FN2O2S. The molecule has 0 spiro atoms. The topological polar surface area (TPSA) is 58.2 Å². The van der Waals surface area contributed by atoms with Crippen LogP contribution in [-0.4, -0.2) is 18.9 Å².